The summed E-state index contributed by atoms with van der Waals surface area (Å²) in [7, 11) is 3.57. The lowest BCUT2D eigenvalue weighted by Gasteiger charge is -2.17. The molecule has 0 aromatic carbocycles. The van der Waals surface area contributed by atoms with Gasteiger partial charge >= 0.3 is 0 Å². The topological polar surface area (TPSA) is 20.3 Å². The first kappa shape index (κ1) is 10.3. The Bertz CT molecular complexity index is 190. The van der Waals surface area contributed by atoms with Gasteiger partial charge in [0.25, 0.3) is 0 Å². The van der Waals surface area contributed by atoms with E-state index in [0.29, 0.717) is 5.92 Å². The standard InChI is InChI=1S/C11H19NO/c1-12(2)11(13)9-8-10-6-4-3-5-7-10/h8-10H,3-7H2,1-2H3/b9-8-. The third-order valence-corrected chi connectivity index (χ3v) is 2.60. The molecule has 0 unspecified atom stereocenters. The minimum atomic E-state index is 0.102. The lowest BCUT2D eigenvalue weighted by atomic mass is 9.89. The van der Waals surface area contributed by atoms with E-state index in [-0.39, 0.29) is 5.91 Å². The van der Waals surface area contributed by atoms with E-state index in [4.69, 9.17) is 0 Å². The number of amides is 1. The quantitative estimate of drug-likeness (QED) is 0.598. The molecule has 0 heterocycles. The summed E-state index contributed by atoms with van der Waals surface area (Å²) in [4.78, 5) is 12.8. The third-order valence-electron chi connectivity index (χ3n) is 2.60. The smallest absolute Gasteiger partial charge is 0.245 e. The molecule has 0 aromatic heterocycles. The van der Waals surface area contributed by atoms with Crippen molar-refractivity contribution >= 4 is 5.91 Å². The van der Waals surface area contributed by atoms with Crippen LogP contribution >= 0.6 is 0 Å². The van der Waals surface area contributed by atoms with Crippen molar-refractivity contribution < 1.29 is 4.79 Å². The lowest BCUT2D eigenvalue weighted by Crippen LogP contribution is -2.19. The number of rotatable bonds is 2. The minimum absolute atomic E-state index is 0.102. The first-order valence-electron chi connectivity index (χ1n) is 5.09. The van der Waals surface area contributed by atoms with Crippen molar-refractivity contribution in [3.63, 3.8) is 0 Å². The van der Waals surface area contributed by atoms with Crippen LogP contribution in [0.3, 0.4) is 0 Å². The molecule has 1 rings (SSSR count). The molecule has 1 saturated carbocycles. The van der Waals surface area contributed by atoms with E-state index in [1.807, 2.05) is 0 Å². The second-order valence-electron chi connectivity index (χ2n) is 3.99. The first-order valence-corrected chi connectivity index (χ1v) is 5.09. The van der Waals surface area contributed by atoms with Gasteiger partial charge in [0.05, 0.1) is 0 Å². The lowest BCUT2D eigenvalue weighted by molar-refractivity contribution is -0.123. The summed E-state index contributed by atoms with van der Waals surface area (Å²) in [5.74, 6) is 0.753. The Kier molecular flexibility index (Phi) is 4.00. The van der Waals surface area contributed by atoms with E-state index in [0.717, 1.165) is 0 Å². The molecule has 1 aliphatic rings. The van der Waals surface area contributed by atoms with Crippen LogP contribution < -0.4 is 0 Å². The van der Waals surface area contributed by atoms with Crippen LogP contribution in [0.2, 0.25) is 0 Å². The summed E-state index contributed by atoms with van der Waals surface area (Å²) >= 11 is 0. The zero-order valence-electron chi connectivity index (χ0n) is 8.62. The van der Waals surface area contributed by atoms with Crippen molar-refractivity contribution in [3.8, 4) is 0 Å². The zero-order chi connectivity index (χ0) is 9.68. The maximum atomic E-state index is 11.2. The molecule has 2 heteroatoms. The number of hydrogen-bond acceptors (Lipinski definition) is 1. The Hall–Kier alpha value is -0.790. The van der Waals surface area contributed by atoms with Gasteiger partial charge in [-0.3, -0.25) is 4.79 Å². The molecular weight excluding hydrogens is 162 g/mol. The molecule has 0 bridgehead atoms. The molecule has 0 aliphatic heterocycles. The van der Waals surface area contributed by atoms with Crippen LogP contribution in [0.1, 0.15) is 32.1 Å². The molecule has 0 aromatic rings. The molecule has 1 fully saturated rings. The van der Waals surface area contributed by atoms with Crippen LogP contribution in [0.4, 0.5) is 0 Å². The molecule has 2 nitrogen and oxygen atoms in total. The molecule has 13 heavy (non-hydrogen) atoms. The van der Waals surface area contributed by atoms with Gasteiger partial charge in [-0.2, -0.15) is 0 Å². The normalized spacial score (nSPS) is 19.2. The number of carbonyl (C=O) groups is 1. The van der Waals surface area contributed by atoms with E-state index >= 15 is 0 Å². The first-order chi connectivity index (χ1) is 6.20. The summed E-state index contributed by atoms with van der Waals surface area (Å²) in [6.45, 7) is 0. The van der Waals surface area contributed by atoms with Gasteiger partial charge in [0, 0.05) is 14.1 Å². The van der Waals surface area contributed by atoms with E-state index in [2.05, 4.69) is 6.08 Å². The van der Waals surface area contributed by atoms with Crippen LogP contribution in [0, 0.1) is 5.92 Å². The van der Waals surface area contributed by atoms with E-state index in [1.54, 1.807) is 25.1 Å². The van der Waals surface area contributed by atoms with Crippen molar-refractivity contribution in [2.45, 2.75) is 32.1 Å². The summed E-state index contributed by atoms with van der Waals surface area (Å²) in [5.41, 5.74) is 0. The fraction of sp³-hybridized carbons (Fsp3) is 0.727. The SMILES string of the molecule is CN(C)C(=O)/C=C\C1CCCCC1. The molecule has 1 aliphatic carbocycles. The van der Waals surface area contributed by atoms with Crippen LogP contribution in [0.15, 0.2) is 12.2 Å². The molecule has 0 N–H and O–H groups in total. The predicted octanol–water partition coefficient (Wildman–Crippen LogP) is 2.21. The highest BCUT2D eigenvalue weighted by Crippen LogP contribution is 2.24. The highest BCUT2D eigenvalue weighted by molar-refractivity contribution is 5.87. The number of hydrogen-bond donors (Lipinski definition) is 0. The predicted molar refractivity (Wildman–Crippen MR) is 54.4 cm³/mol. The molecule has 74 valence electrons. The fourth-order valence-electron chi connectivity index (χ4n) is 1.69. The van der Waals surface area contributed by atoms with Gasteiger partial charge in [0.2, 0.25) is 5.91 Å². The second kappa shape index (κ2) is 5.05. The molecule has 0 spiro atoms. The van der Waals surface area contributed by atoms with Gasteiger partial charge in [-0.25, -0.2) is 0 Å². The minimum Gasteiger partial charge on any atom is -0.345 e. The van der Waals surface area contributed by atoms with Crippen molar-refractivity contribution in [1.82, 2.24) is 4.90 Å². The molecule has 0 saturated heterocycles. The highest BCUT2D eigenvalue weighted by Gasteiger charge is 2.10. The van der Waals surface area contributed by atoms with Crippen LogP contribution in [-0.2, 0) is 4.79 Å². The van der Waals surface area contributed by atoms with E-state index in [9.17, 15) is 4.79 Å². The molecular formula is C11H19NO. The molecule has 0 atom stereocenters. The second-order valence-corrected chi connectivity index (χ2v) is 3.99. The van der Waals surface area contributed by atoms with Crippen LogP contribution in [0.5, 0.6) is 0 Å². The van der Waals surface area contributed by atoms with Gasteiger partial charge in [-0.1, -0.05) is 25.3 Å². The molecule has 1 amide bonds. The fourth-order valence-corrected chi connectivity index (χ4v) is 1.69. The van der Waals surface area contributed by atoms with Crippen molar-refractivity contribution in [2.24, 2.45) is 5.92 Å². The van der Waals surface area contributed by atoms with Gasteiger partial charge in [0.15, 0.2) is 0 Å². The van der Waals surface area contributed by atoms with Crippen LogP contribution in [-0.4, -0.2) is 24.9 Å². The Labute approximate surface area is 80.6 Å². The summed E-state index contributed by atoms with van der Waals surface area (Å²) in [5, 5.41) is 0. The maximum Gasteiger partial charge on any atom is 0.245 e. The van der Waals surface area contributed by atoms with Gasteiger partial charge in [-0.15, -0.1) is 0 Å². The average molecular weight is 181 g/mol. The number of carbonyl (C=O) groups excluding carboxylic acids is 1. The summed E-state index contributed by atoms with van der Waals surface area (Å²) in [6, 6.07) is 0. The highest BCUT2D eigenvalue weighted by atomic mass is 16.2. The number of likely N-dealkylation sites (N-methyl/N-ethyl adjacent to an activating group) is 1. The zero-order valence-corrected chi connectivity index (χ0v) is 8.62. The van der Waals surface area contributed by atoms with Gasteiger partial charge in [0.1, 0.15) is 0 Å². The van der Waals surface area contributed by atoms with Gasteiger partial charge < -0.3 is 4.90 Å². The van der Waals surface area contributed by atoms with Crippen molar-refractivity contribution in [1.29, 1.82) is 0 Å². The van der Waals surface area contributed by atoms with E-state index in [1.165, 1.54) is 32.1 Å². The van der Waals surface area contributed by atoms with Crippen molar-refractivity contribution in [3.05, 3.63) is 12.2 Å². The van der Waals surface area contributed by atoms with E-state index < -0.39 is 0 Å². The number of nitrogens with zero attached hydrogens (tertiary/aromatic N) is 1. The van der Waals surface area contributed by atoms with Crippen molar-refractivity contribution in [2.75, 3.05) is 14.1 Å². The largest absolute Gasteiger partial charge is 0.345 e. The Morgan fingerprint density at radius 3 is 2.38 bits per heavy atom. The third kappa shape index (κ3) is 3.62. The summed E-state index contributed by atoms with van der Waals surface area (Å²) in [6.07, 6.45) is 10.3. The average Bonchev–Trinajstić information content (AvgIpc) is 2.15. The summed E-state index contributed by atoms with van der Waals surface area (Å²) < 4.78 is 0. The van der Waals surface area contributed by atoms with Gasteiger partial charge in [-0.05, 0) is 24.8 Å². The Morgan fingerprint density at radius 1 is 1.23 bits per heavy atom. The Morgan fingerprint density at radius 2 is 1.85 bits per heavy atom. The Balaban J connectivity index is 2.33. The monoisotopic (exact) mass is 181 g/mol. The maximum absolute atomic E-state index is 11.2. The van der Waals surface area contributed by atoms with Crippen LogP contribution in [0.25, 0.3) is 0 Å². The molecule has 0 radical (unpaired) electrons. The number of allylic oxidation sites excluding steroid dienone is 1.